The lowest BCUT2D eigenvalue weighted by Crippen LogP contribution is -3.00. The summed E-state index contributed by atoms with van der Waals surface area (Å²) in [6.45, 7) is 1.46. The first-order chi connectivity index (χ1) is 14.0. The molecule has 0 aliphatic carbocycles. The van der Waals surface area contributed by atoms with Crippen LogP contribution in [0.2, 0.25) is 0 Å². The molecule has 3 aromatic carbocycles. The van der Waals surface area contributed by atoms with E-state index in [0.29, 0.717) is 6.61 Å². The maximum absolute atomic E-state index is 7.05. The van der Waals surface area contributed by atoms with Crippen molar-refractivity contribution in [3.63, 3.8) is 0 Å². The van der Waals surface area contributed by atoms with E-state index in [-0.39, 0.29) is 36.2 Å². The van der Waals surface area contributed by atoms with Gasteiger partial charge in [0.15, 0.2) is 0 Å². The molecule has 0 aromatic heterocycles. The molecule has 1 saturated heterocycles. The van der Waals surface area contributed by atoms with E-state index in [1.807, 2.05) is 18.2 Å². The van der Waals surface area contributed by atoms with Crippen LogP contribution in [0.25, 0.3) is 0 Å². The fraction of sp³-hybridized carbons (Fsp3) is 0.308. The lowest BCUT2D eigenvalue weighted by Gasteiger charge is -2.48. The van der Waals surface area contributed by atoms with Crippen molar-refractivity contribution in [1.29, 1.82) is 0 Å². The molecule has 1 fully saturated rings. The van der Waals surface area contributed by atoms with Gasteiger partial charge in [-0.2, -0.15) is 0 Å². The number of ether oxygens (including phenoxy) is 2. The molecule has 3 nitrogen and oxygen atoms in total. The molecular formula is C26H30INO2. The number of likely N-dealkylation sites (N-methyl/N-ethyl adjacent to an activating group) is 1. The zero-order chi connectivity index (χ0) is 20.3. The standard InChI is InChI=1S/C26H30NO2.HI/c1-27(2,3)19-24-20-28-25(21-13-7-4-8-14-21)26(29-24,22-15-9-5-10-16-22)23-17-11-6-12-18-23;/h4-18,24-25H,19-20H2,1-3H3;1H/q+1;/p-1/t24-,25-;/m1./s1. The third-order valence-electron chi connectivity index (χ3n) is 5.43. The van der Waals surface area contributed by atoms with Crippen molar-refractivity contribution in [2.24, 2.45) is 0 Å². The smallest absolute Gasteiger partial charge is 0.149 e. The summed E-state index contributed by atoms with van der Waals surface area (Å²) in [5, 5.41) is 0. The fourth-order valence-corrected chi connectivity index (χ4v) is 4.32. The molecule has 2 atom stereocenters. The zero-order valence-corrected chi connectivity index (χ0v) is 20.0. The molecule has 1 aliphatic heterocycles. The second kappa shape index (κ2) is 9.60. The Hall–Kier alpha value is -1.73. The molecule has 0 spiro atoms. The van der Waals surface area contributed by atoms with Crippen LogP contribution >= 0.6 is 0 Å². The van der Waals surface area contributed by atoms with Gasteiger partial charge in [0, 0.05) is 0 Å². The second-order valence-electron chi connectivity index (χ2n) is 8.80. The molecule has 1 aliphatic rings. The van der Waals surface area contributed by atoms with E-state index in [4.69, 9.17) is 9.47 Å². The Morgan fingerprint density at radius 1 is 0.767 bits per heavy atom. The van der Waals surface area contributed by atoms with E-state index in [1.54, 1.807) is 0 Å². The van der Waals surface area contributed by atoms with Crippen LogP contribution in [-0.2, 0) is 15.1 Å². The van der Waals surface area contributed by atoms with Gasteiger partial charge >= 0.3 is 0 Å². The maximum Gasteiger partial charge on any atom is 0.149 e. The van der Waals surface area contributed by atoms with Crippen molar-refractivity contribution in [3.05, 3.63) is 108 Å². The van der Waals surface area contributed by atoms with Crippen molar-refractivity contribution >= 4 is 0 Å². The number of hydrogen-bond acceptors (Lipinski definition) is 2. The Bertz CT molecular complexity index is 871. The van der Waals surface area contributed by atoms with Crippen molar-refractivity contribution < 1.29 is 37.9 Å². The molecule has 0 saturated carbocycles. The first-order valence-corrected chi connectivity index (χ1v) is 10.2. The minimum Gasteiger partial charge on any atom is -1.00 e. The molecule has 0 bridgehead atoms. The zero-order valence-electron chi connectivity index (χ0n) is 17.9. The molecule has 0 amide bonds. The highest BCUT2D eigenvalue weighted by molar-refractivity contribution is 5.41. The Labute approximate surface area is 197 Å². The van der Waals surface area contributed by atoms with E-state index >= 15 is 0 Å². The van der Waals surface area contributed by atoms with Gasteiger partial charge in [-0.25, -0.2) is 0 Å². The Kier molecular flexibility index (Phi) is 7.34. The average molecular weight is 515 g/mol. The van der Waals surface area contributed by atoms with E-state index in [2.05, 4.69) is 93.9 Å². The van der Waals surface area contributed by atoms with Crippen LogP contribution in [0, 0.1) is 0 Å². The van der Waals surface area contributed by atoms with Crippen molar-refractivity contribution in [1.82, 2.24) is 0 Å². The Morgan fingerprint density at radius 2 is 1.23 bits per heavy atom. The molecule has 3 aromatic rings. The molecule has 0 N–H and O–H groups in total. The van der Waals surface area contributed by atoms with E-state index in [9.17, 15) is 0 Å². The third-order valence-corrected chi connectivity index (χ3v) is 5.43. The quantitative estimate of drug-likeness (QED) is 0.381. The van der Waals surface area contributed by atoms with Gasteiger partial charge in [-0.3, -0.25) is 0 Å². The van der Waals surface area contributed by atoms with Crippen LogP contribution in [0.4, 0.5) is 0 Å². The van der Waals surface area contributed by atoms with Crippen LogP contribution in [0.5, 0.6) is 0 Å². The number of hydrogen-bond donors (Lipinski definition) is 0. The van der Waals surface area contributed by atoms with Gasteiger partial charge < -0.3 is 37.9 Å². The number of benzene rings is 3. The lowest BCUT2D eigenvalue weighted by atomic mass is 9.77. The number of quaternary nitrogens is 1. The SMILES string of the molecule is C[N+](C)(C)C[C@@H]1CO[C@H](c2ccccc2)C(c2ccccc2)(c2ccccc2)O1.[I-]. The first-order valence-electron chi connectivity index (χ1n) is 10.2. The minimum absolute atomic E-state index is 0. The van der Waals surface area contributed by atoms with Crippen molar-refractivity contribution in [3.8, 4) is 0 Å². The molecule has 0 radical (unpaired) electrons. The van der Waals surface area contributed by atoms with E-state index in [1.165, 1.54) is 0 Å². The average Bonchev–Trinajstić information content (AvgIpc) is 2.74. The summed E-state index contributed by atoms with van der Waals surface area (Å²) in [5.41, 5.74) is 2.66. The second-order valence-corrected chi connectivity index (χ2v) is 8.80. The van der Waals surface area contributed by atoms with Gasteiger partial charge in [-0.15, -0.1) is 0 Å². The predicted molar refractivity (Wildman–Crippen MR) is 117 cm³/mol. The van der Waals surface area contributed by atoms with E-state index in [0.717, 1.165) is 27.7 Å². The Balaban J connectivity index is 0.00000256. The maximum atomic E-state index is 7.05. The summed E-state index contributed by atoms with van der Waals surface area (Å²) in [5.74, 6) is 0. The van der Waals surface area contributed by atoms with Crippen LogP contribution in [0.3, 0.4) is 0 Å². The summed E-state index contributed by atoms with van der Waals surface area (Å²) in [6.07, 6.45) is -0.229. The van der Waals surface area contributed by atoms with Crippen LogP contribution in [0.1, 0.15) is 22.8 Å². The predicted octanol–water partition coefficient (Wildman–Crippen LogP) is 1.80. The van der Waals surface area contributed by atoms with Gasteiger partial charge in [-0.05, 0) is 16.7 Å². The minimum atomic E-state index is -0.706. The highest BCUT2D eigenvalue weighted by atomic mass is 127. The first kappa shape index (κ1) is 22.9. The summed E-state index contributed by atoms with van der Waals surface area (Å²) < 4.78 is 14.5. The van der Waals surface area contributed by atoms with E-state index < -0.39 is 5.60 Å². The molecular weight excluding hydrogens is 485 g/mol. The summed E-state index contributed by atoms with van der Waals surface area (Å²) in [6, 6.07) is 31.5. The van der Waals surface area contributed by atoms with Gasteiger partial charge in [-0.1, -0.05) is 91.0 Å². The fourth-order valence-electron chi connectivity index (χ4n) is 4.32. The monoisotopic (exact) mass is 515 g/mol. The van der Waals surface area contributed by atoms with Crippen LogP contribution < -0.4 is 24.0 Å². The molecule has 4 rings (SSSR count). The van der Waals surface area contributed by atoms with Crippen molar-refractivity contribution in [2.45, 2.75) is 17.8 Å². The van der Waals surface area contributed by atoms with Crippen LogP contribution in [0.15, 0.2) is 91.0 Å². The van der Waals surface area contributed by atoms with Gasteiger partial charge in [0.25, 0.3) is 0 Å². The summed E-state index contributed by atoms with van der Waals surface area (Å²) >= 11 is 0. The van der Waals surface area contributed by atoms with Crippen molar-refractivity contribution in [2.75, 3.05) is 34.3 Å². The van der Waals surface area contributed by atoms with Crippen LogP contribution in [-0.4, -0.2) is 44.9 Å². The molecule has 30 heavy (non-hydrogen) atoms. The third kappa shape index (κ3) is 4.78. The largest absolute Gasteiger partial charge is 1.00 e. The Morgan fingerprint density at radius 3 is 1.70 bits per heavy atom. The normalized spacial score (nSPS) is 20.9. The summed E-state index contributed by atoms with van der Waals surface area (Å²) in [7, 11) is 6.58. The topological polar surface area (TPSA) is 18.5 Å². The summed E-state index contributed by atoms with van der Waals surface area (Å²) in [4.78, 5) is 0. The lowest BCUT2D eigenvalue weighted by molar-refractivity contribution is -0.874. The molecule has 0 unspecified atom stereocenters. The number of nitrogens with zero attached hydrogens (tertiary/aromatic N) is 1. The highest BCUT2D eigenvalue weighted by Crippen LogP contribution is 2.49. The number of rotatable bonds is 5. The number of halogens is 1. The molecule has 158 valence electrons. The molecule has 1 heterocycles. The van der Waals surface area contributed by atoms with Gasteiger partial charge in [0.05, 0.1) is 27.7 Å². The van der Waals surface area contributed by atoms with Gasteiger partial charge in [0.2, 0.25) is 0 Å². The highest BCUT2D eigenvalue weighted by Gasteiger charge is 2.50. The van der Waals surface area contributed by atoms with Gasteiger partial charge in [0.1, 0.15) is 24.4 Å². The molecule has 4 heteroatoms.